The minimum absolute atomic E-state index is 0.00613. The highest BCUT2D eigenvalue weighted by Crippen LogP contribution is 2.27. The van der Waals surface area contributed by atoms with Crippen molar-refractivity contribution in [3.8, 4) is 0 Å². The van der Waals surface area contributed by atoms with Gasteiger partial charge in [0.05, 0.1) is 17.3 Å². The Labute approximate surface area is 202 Å². The van der Waals surface area contributed by atoms with E-state index >= 15 is 0 Å². The minimum atomic E-state index is -3.15. The minimum Gasteiger partial charge on any atom is -0.363 e. The fourth-order valence-electron chi connectivity index (χ4n) is 3.72. The van der Waals surface area contributed by atoms with E-state index in [0.29, 0.717) is 25.6 Å². The lowest BCUT2D eigenvalue weighted by atomic mass is 10.0. The molecule has 0 bridgehead atoms. The van der Waals surface area contributed by atoms with Gasteiger partial charge in [0.25, 0.3) is 17.4 Å². The highest BCUT2D eigenvalue weighted by atomic mass is 35.5. The van der Waals surface area contributed by atoms with E-state index in [2.05, 4.69) is 15.6 Å². The quantitative estimate of drug-likeness (QED) is 0.436. The molecule has 35 heavy (non-hydrogen) atoms. The number of rotatable bonds is 9. The Hall–Kier alpha value is -3.67. The van der Waals surface area contributed by atoms with Gasteiger partial charge >= 0.3 is 0 Å². The lowest BCUT2D eigenvalue weighted by Crippen LogP contribution is -2.46. The normalized spacial score (nSPS) is 15.7. The molecule has 10 nitrogen and oxygen atoms in total. The summed E-state index contributed by atoms with van der Waals surface area (Å²) < 4.78 is 27.9. The number of nitrogens with zero attached hydrogens (tertiary/aromatic N) is 2. The summed E-state index contributed by atoms with van der Waals surface area (Å²) in [6, 6.07) is 2.68. The third kappa shape index (κ3) is 6.27. The van der Waals surface area contributed by atoms with Crippen LogP contribution >= 0.6 is 11.6 Å². The van der Waals surface area contributed by atoms with E-state index in [1.807, 2.05) is 0 Å². The fourth-order valence-corrected chi connectivity index (χ4v) is 3.89. The number of nitrogens with two attached hydrogens (primary N) is 1. The van der Waals surface area contributed by atoms with Crippen molar-refractivity contribution in [3.63, 3.8) is 0 Å². The zero-order valence-electron chi connectivity index (χ0n) is 18.5. The van der Waals surface area contributed by atoms with Crippen LogP contribution < -0.4 is 21.9 Å². The number of carbonyl (C=O) groups excluding carboxylic acids is 4. The molecule has 0 spiro atoms. The number of ketones is 1. The van der Waals surface area contributed by atoms with E-state index in [1.54, 1.807) is 0 Å². The molecule has 3 rings (SSSR count). The van der Waals surface area contributed by atoms with Gasteiger partial charge in [0.15, 0.2) is 0 Å². The number of carbonyl (C=O) groups is 4. The Morgan fingerprint density at radius 3 is 2.66 bits per heavy atom. The van der Waals surface area contributed by atoms with Crippen molar-refractivity contribution in [1.29, 1.82) is 0 Å². The molecule has 4 N–H and O–H groups in total. The van der Waals surface area contributed by atoms with Crippen LogP contribution in [0.15, 0.2) is 35.3 Å². The summed E-state index contributed by atoms with van der Waals surface area (Å²) in [5.41, 5.74) is 4.40. The first kappa shape index (κ1) is 25.9. The molecule has 0 unspecified atom stereocenters. The fraction of sp³-hybridized carbons (Fsp3) is 0.364. The molecule has 13 heteroatoms. The average molecular weight is 510 g/mol. The second-order valence-electron chi connectivity index (χ2n) is 8.17. The van der Waals surface area contributed by atoms with E-state index in [1.165, 1.54) is 35.0 Å². The lowest BCUT2D eigenvalue weighted by molar-refractivity contribution is -0.137. The zero-order valence-corrected chi connectivity index (χ0v) is 19.3. The molecule has 0 fully saturated rings. The lowest BCUT2D eigenvalue weighted by Gasteiger charge is -2.20. The SMILES string of the molecule is CC(F)(F)CC[C@H](NC(=O)c1cc(Cl)ccc1NC(=O)[C@@H]1CCc2nccc(=O)n21)C(=O)C(N)=O. The van der Waals surface area contributed by atoms with Gasteiger partial charge in [-0.3, -0.25) is 28.5 Å². The van der Waals surface area contributed by atoms with Crippen LogP contribution in [0.4, 0.5) is 14.5 Å². The number of aromatic nitrogens is 2. The molecule has 2 aromatic rings. The Morgan fingerprint density at radius 2 is 2.00 bits per heavy atom. The molecular weight excluding hydrogens is 488 g/mol. The summed E-state index contributed by atoms with van der Waals surface area (Å²) in [7, 11) is 0. The first-order valence-corrected chi connectivity index (χ1v) is 10.9. The van der Waals surface area contributed by atoms with Gasteiger partial charge in [-0.15, -0.1) is 0 Å². The monoisotopic (exact) mass is 509 g/mol. The molecule has 3 amide bonds. The van der Waals surface area contributed by atoms with Gasteiger partial charge in [-0.1, -0.05) is 11.6 Å². The molecule has 1 aliphatic heterocycles. The molecule has 0 saturated carbocycles. The molecule has 186 valence electrons. The summed E-state index contributed by atoms with van der Waals surface area (Å²) in [6.45, 7) is 0.632. The second kappa shape index (κ2) is 10.3. The van der Waals surface area contributed by atoms with Gasteiger partial charge in [-0.05, 0) is 38.0 Å². The third-order valence-corrected chi connectivity index (χ3v) is 5.67. The van der Waals surface area contributed by atoms with Gasteiger partial charge in [-0.2, -0.15) is 0 Å². The first-order valence-electron chi connectivity index (χ1n) is 10.6. The molecule has 1 aromatic carbocycles. The molecule has 0 aliphatic carbocycles. The van der Waals surface area contributed by atoms with Crippen LogP contribution in [0.3, 0.4) is 0 Å². The number of primary amides is 1. The van der Waals surface area contributed by atoms with Gasteiger partial charge in [0, 0.05) is 30.1 Å². The van der Waals surface area contributed by atoms with Crippen molar-refractivity contribution in [2.45, 2.75) is 50.6 Å². The summed E-state index contributed by atoms with van der Waals surface area (Å²) in [6.07, 6.45) is 0.733. The van der Waals surface area contributed by atoms with E-state index in [-0.39, 0.29) is 16.3 Å². The van der Waals surface area contributed by atoms with Gasteiger partial charge < -0.3 is 16.4 Å². The number of anilines is 1. The van der Waals surface area contributed by atoms with Crippen LogP contribution in [0.5, 0.6) is 0 Å². The first-order chi connectivity index (χ1) is 16.4. The van der Waals surface area contributed by atoms with Crippen LogP contribution in [-0.2, 0) is 20.8 Å². The Bertz CT molecular complexity index is 1240. The summed E-state index contributed by atoms with van der Waals surface area (Å²) >= 11 is 6.00. The topological polar surface area (TPSA) is 153 Å². The molecule has 0 radical (unpaired) electrons. The Morgan fingerprint density at radius 1 is 1.29 bits per heavy atom. The number of amides is 3. The van der Waals surface area contributed by atoms with E-state index in [0.717, 1.165) is 0 Å². The van der Waals surface area contributed by atoms with Crippen molar-refractivity contribution in [2.24, 2.45) is 5.73 Å². The number of hydrogen-bond donors (Lipinski definition) is 3. The van der Waals surface area contributed by atoms with Gasteiger partial charge in [0.1, 0.15) is 11.9 Å². The molecular formula is C22H22ClF2N5O5. The van der Waals surface area contributed by atoms with Gasteiger partial charge in [-0.25, -0.2) is 13.8 Å². The van der Waals surface area contributed by atoms with E-state index < -0.39 is 59.9 Å². The van der Waals surface area contributed by atoms with Crippen molar-refractivity contribution in [3.05, 3.63) is 57.2 Å². The van der Waals surface area contributed by atoms with Crippen LogP contribution in [0.25, 0.3) is 0 Å². The molecule has 2 atom stereocenters. The smallest absolute Gasteiger partial charge is 0.287 e. The average Bonchev–Trinajstić information content (AvgIpc) is 3.22. The zero-order chi connectivity index (χ0) is 25.9. The number of alkyl halides is 2. The Kier molecular flexibility index (Phi) is 7.64. The van der Waals surface area contributed by atoms with Crippen molar-refractivity contribution in [2.75, 3.05) is 5.32 Å². The van der Waals surface area contributed by atoms with Crippen LogP contribution in [-0.4, -0.2) is 45.0 Å². The number of halogens is 3. The number of fused-ring (bicyclic) bond motifs is 1. The number of hydrogen-bond acceptors (Lipinski definition) is 6. The maximum atomic E-state index is 13.3. The molecule has 1 aliphatic rings. The predicted molar refractivity (Wildman–Crippen MR) is 121 cm³/mol. The van der Waals surface area contributed by atoms with Crippen LogP contribution in [0.2, 0.25) is 5.02 Å². The Balaban J connectivity index is 1.84. The summed E-state index contributed by atoms with van der Waals surface area (Å²) in [4.78, 5) is 65.7. The number of benzene rings is 1. The number of nitrogens with one attached hydrogen (secondary N) is 2. The second-order valence-corrected chi connectivity index (χ2v) is 8.60. The van der Waals surface area contributed by atoms with Crippen molar-refractivity contribution >= 4 is 40.8 Å². The third-order valence-electron chi connectivity index (χ3n) is 5.43. The standard InChI is InChI=1S/C22H22ClF2N5O5/c1-22(24,25)8-6-14(18(32)19(26)33)29-20(34)12-10-11(23)2-3-13(12)28-21(35)15-4-5-16-27-9-7-17(31)30(15)16/h2-3,7,9-10,14-15H,4-6,8H2,1H3,(H2,26,33)(H,28,35)(H,29,34)/t14-,15-/m0/s1. The summed E-state index contributed by atoms with van der Waals surface area (Å²) in [5.74, 6) is -6.89. The van der Waals surface area contributed by atoms with Crippen LogP contribution in [0, 0.1) is 0 Å². The highest BCUT2D eigenvalue weighted by Gasteiger charge is 2.32. The van der Waals surface area contributed by atoms with E-state index in [9.17, 15) is 32.8 Å². The number of aryl methyl sites for hydroxylation is 1. The van der Waals surface area contributed by atoms with Crippen molar-refractivity contribution in [1.82, 2.24) is 14.9 Å². The van der Waals surface area contributed by atoms with Crippen LogP contribution in [0.1, 0.15) is 48.4 Å². The maximum Gasteiger partial charge on any atom is 0.287 e. The van der Waals surface area contributed by atoms with E-state index in [4.69, 9.17) is 17.3 Å². The molecule has 1 aromatic heterocycles. The molecule has 0 saturated heterocycles. The predicted octanol–water partition coefficient (Wildman–Crippen LogP) is 1.61. The summed E-state index contributed by atoms with van der Waals surface area (Å²) in [5, 5.41) is 4.90. The molecule has 2 heterocycles. The van der Waals surface area contributed by atoms with Crippen molar-refractivity contribution < 1.29 is 28.0 Å². The maximum absolute atomic E-state index is 13.3. The largest absolute Gasteiger partial charge is 0.363 e. The van der Waals surface area contributed by atoms with Gasteiger partial charge in [0.2, 0.25) is 17.6 Å². The highest BCUT2D eigenvalue weighted by molar-refractivity contribution is 6.38. The number of Topliss-reactive ketones (excluding diaryl/α,β-unsaturated/α-hetero) is 1.